The lowest BCUT2D eigenvalue weighted by molar-refractivity contribution is 0.00521. The van der Waals surface area contributed by atoms with Gasteiger partial charge in [0.15, 0.2) is 0 Å². The van der Waals surface area contributed by atoms with Crippen molar-refractivity contribution in [3.05, 3.63) is 29.1 Å². The SMILES string of the molecule is Cc1cc(N)cc(C(=O)NCC2(O)CCCCC2)c1F. The van der Waals surface area contributed by atoms with Gasteiger partial charge in [-0.25, -0.2) is 4.39 Å². The second-order valence-corrected chi connectivity index (χ2v) is 5.67. The number of nitrogens with two attached hydrogens (primary N) is 1. The predicted octanol–water partition coefficient (Wildman–Crippen LogP) is 2.14. The Labute approximate surface area is 118 Å². The first-order valence-corrected chi connectivity index (χ1v) is 6.97. The van der Waals surface area contributed by atoms with Crippen molar-refractivity contribution in [2.75, 3.05) is 12.3 Å². The second kappa shape index (κ2) is 5.79. The molecule has 1 fully saturated rings. The summed E-state index contributed by atoms with van der Waals surface area (Å²) in [5.41, 5.74) is 5.40. The van der Waals surface area contributed by atoms with E-state index in [9.17, 15) is 14.3 Å². The molecule has 1 amide bonds. The van der Waals surface area contributed by atoms with Crippen molar-refractivity contribution < 1.29 is 14.3 Å². The zero-order valence-corrected chi connectivity index (χ0v) is 11.7. The summed E-state index contributed by atoms with van der Waals surface area (Å²) in [6.45, 7) is 1.72. The van der Waals surface area contributed by atoms with Crippen molar-refractivity contribution in [2.24, 2.45) is 0 Å². The molecule has 0 aliphatic heterocycles. The molecule has 0 unspecified atom stereocenters. The van der Waals surface area contributed by atoms with Crippen LogP contribution in [0.5, 0.6) is 0 Å². The van der Waals surface area contributed by atoms with Gasteiger partial charge in [-0.15, -0.1) is 0 Å². The number of nitrogen functional groups attached to an aromatic ring is 1. The maximum atomic E-state index is 13.9. The quantitative estimate of drug-likeness (QED) is 0.743. The Morgan fingerprint density at radius 1 is 1.40 bits per heavy atom. The van der Waals surface area contributed by atoms with Gasteiger partial charge in [-0.05, 0) is 37.5 Å². The Kier molecular flexibility index (Phi) is 4.28. The van der Waals surface area contributed by atoms with Crippen LogP contribution in [0.15, 0.2) is 12.1 Å². The highest BCUT2D eigenvalue weighted by Gasteiger charge is 2.30. The number of rotatable bonds is 3. The number of aryl methyl sites for hydroxylation is 1. The lowest BCUT2D eigenvalue weighted by atomic mass is 9.85. The Balaban J connectivity index is 2.05. The van der Waals surface area contributed by atoms with Gasteiger partial charge >= 0.3 is 0 Å². The molecule has 1 aliphatic carbocycles. The number of carbonyl (C=O) groups is 1. The van der Waals surface area contributed by atoms with Gasteiger partial charge in [-0.2, -0.15) is 0 Å². The molecule has 0 spiro atoms. The normalized spacial score (nSPS) is 17.8. The van der Waals surface area contributed by atoms with Gasteiger partial charge in [-0.3, -0.25) is 4.79 Å². The molecule has 4 nitrogen and oxygen atoms in total. The summed E-state index contributed by atoms with van der Waals surface area (Å²) in [5.74, 6) is -1.09. The van der Waals surface area contributed by atoms with Crippen LogP contribution in [-0.2, 0) is 0 Å². The van der Waals surface area contributed by atoms with Gasteiger partial charge < -0.3 is 16.2 Å². The second-order valence-electron chi connectivity index (χ2n) is 5.67. The maximum absolute atomic E-state index is 13.9. The van der Waals surface area contributed by atoms with Crippen LogP contribution in [0.1, 0.15) is 48.0 Å². The summed E-state index contributed by atoms with van der Waals surface area (Å²) < 4.78 is 13.9. The molecular formula is C15H21FN2O2. The first kappa shape index (κ1) is 14.8. The number of nitrogens with one attached hydrogen (secondary N) is 1. The van der Waals surface area contributed by atoms with Crippen molar-refractivity contribution in [2.45, 2.75) is 44.6 Å². The molecule has 0 radical (unpaired) electrons. The average molecular weight is 280 g/mol. The molecule has 0 bridgehead atoms. The van der Waals surface area contributed by atoms with E-state index >= 15 is 0 Å². The molecule has 1 aromatic carbocycles. The molecule has 0 aromatic heterocycles. The Hall–Kier alpha value is -1.62. The van der Waals surface area contributed by atoms with Crippen molar-refractivity contribution in [1.29, 1.82) is 0 Å². The number of amides is 1. The molecule has 1 aromatic rings. The summed E-state index contributed by atoms with van der Waals surface area (Å²) in [6, 6.07) is 2.81. The molecule has 0 saturated heterocycles. The van der Waals surface area contributed by atoms with Gasteiger partial charge in [0.1, 0.15) is 5.82 Å². The third-order valence-corrected chi connectivity index (χ3v) is 3.88. The first-order valence-electron chi connectivity index (χ1n) is 6.97. The van der Waals surface area contributed by atoms with E-state index in [1.54, 1.807) is 6.92 Å². The minimum atomic E-state index is -0.861. The molecule has 2 rings (SSSR count). The molecule has 1 saturated carbocycles. The fourth-order valence-electron chi connectivity index (χ4n) is 2.69. The number of aliphatic hydroxyl groups is 1. The molecule has 110 valence electrons. The molecule has 1 aliphatic rings. The molecule has 4 N–H and O–H groups in total. The van der Waals surface area contributed by atoms with Crippen LogP contribution in [0, 0.1) is 12.7 Å². The van der Waals surface area contributed by atoms with E-state index in [4.69, 9.17) is 5.73 Å². The fraction of sp³-hybridized carbons (Fsp3) is 0.533. The average Bonchev–Trinajstić information content (AvgIpc) is 2.41. The van der Waals surface area contributed by atoms with Crippen LogP contribution in [0.3, 0.4) is 0 Å². The van der Waals surface area contributed by atoms with Crippen LogP contribution in [0.25, 0.3) is 0 Å². The monoisotopic (exact) mass is 280 g/mol. The molecule has 20 heavy (non-hydrogen) atoms. The van der Waals surface area contributed by atoms with E-state index in [0.717, 1.165) is 19.3 Å². The Morgan fingerprint density at radius 2 is 2.05 bits per heavy atom. The van der Waals surface area contributed by atoms with Crippen LogP contribution in [-0.4, -0.2) is 23.2 Å². The highest BCUT2D eigenvalue weighted by Crippen LogP contribution is 2.27. The largest absolute Gasteiger partial charge is 0.399 e. The van der Waals surface area contributed by atoms with E-state index in [1.807, 2.05) is 0 Å². The van der Waals surface area contributed by atoms with Gasteiger partial charge in [0.05, 0.1) is 11.2 Å². The van der Waals surface area contributed by atoms with Crippen molar-refractivity contribution >= 4 is 11.6 Å². The third-order valence-electron chi connectivity index (χ3n) is 3.88. The molecule has 5 heteroatoms. The van der Waals surface area contributed by atoms with Crippen LogP contribution >= 0.6 is 0 Å². The number of benzene rings is 1. The Bertz CT molecular complexity index is 511. The minimum Gasteiger partial charge on any atom is -0.399 e. The summed E-state index contributed by atoms with van der Waals surface area (Å²) in [6.07, 6.45) is 4.37. The predicted molar refractivity (Wildman–Crippen MR) is 75.9 cm³/mol. The zero-order chi connectivity index (χ0) is 14.8. The highest BCUT2D eigenvalue weighted by atomic mass is 19.1. The lowest BCUT2D eigenvalue weighted by Crippen LogP contribution is -2.44. The van der Waals surface area contributed by atoms with Crippen molar-refractivity contribution in [1.82, 2.24) is 5.32 Å². The number of hydrogen-bond acceptors (Lipinski definition) is 3. The fourth-order valence-corrected chi connectivity index (χ4v) is 2.69. The smallest absolute Gasteiger partial charge is 0.254 e. The summed E-state index contributed by atoms with van der Waals surface area (Å²) in [4.78, 5) is 12.0. The lowest BCUT2D eigenvalue weighted by Gasteiger charge is -2.32. The molecular weight excluding hydrogens is 259 g/mol. The van der Waals surface area contributed by atoms with Crippen molar-refractivity contribution in [3.8, 4) is 0 Å². The maximum Gasteiger partial charge on any atom is 0.254 e. The number of anilines is 1. The van der Waals surface area contributed by atoms with Crippen LogP contribution < -0.4 is 11.1 Å². The third kappa shape index (κ3) is 3.28. The van der Waals surface area contributed by atoms with E-state index in [1.165, 1.54) is 12.1 Å². The standard InChI is InChI=1S/C15H21FN2O2/c1-10-7-11(17)8-12(13(10)16)14(19)18-9-15(20)5-3-2-4-6-15/h7-8,20H,2-6,9,17H2,1H3,(H,18,19). The number of carbonyl (C=O) groups excluding carboxylic acids is 1. The van der Waals surface area contributed by atoms with Gasteiger partial charge in [-0.1, -0.05) is 19.3 Å². The number of hydrogen-bond donors (Lipinski definition) is 3. The molecule has 0 atom stereocenters. The first-order chi connectivity index (χ1) is 9.41. The summed E-state index contributed by atoms with van der Waals surface area (Å²) in [5, 5.41) is 12.9. The van der Waals surface area contributed by atoms with Crippen LogP contribution in [0.4, 0.5) is 10.1 Å². The highest BCUT2D eigenvalue weighted by molar-refractivity contribution is 5.95. The van der Waals surface area contributed by atoms with Gasteiger partial charge in [0.25, 0.3) is 5.91 Å². The van der Waals surface area contributed by atoms with E-state index in [2.05, 4.69) is 5.32 Å². The van der Waals surface area contributed by atoms with E-state index < -0.39 is 17.3 Å². The van der Waals surface area contributed by atoms with Crippen LogP contribution in [0.2, 0.25) is 0 Å². The van der Waals surface area contributed by atoms with Gasteiger partial charge in [0.2, 0.25) is 0 Å². The topological polar surface area (TPSA) is 75.4 Å². The summed E-state index contributed by atoms with van der Waals surface area (Å²) in [7, 11) is 0. The number of halogens is 1. The van der Waals surface area contributed by atoms with Crippen molar-refractivity contribution in [3.63, 3.8) is 0 Å². The Morgan fingerprint density at radius 3 is 2.70 bits per heavy atom. The zero-order valence-electron chi connectivity index (χ0n) is 11.7. The van der Waals surface area contributed by atoms with Gasteiger partial charge in [0, 0.05) is 12.2 Å². The minimum absolute atomic E-state index is 0.0677. The molecule has 0 heterocycles. The van der Waals surface area contributed by atoms with E-state index in [-0.39, 0.29) is 12.1 Å². The summed E-state index contributed by atoms with van der Waals surface area (Å²) >= 11 is 0. The van der Waals surface area contributed by atoms with E-state index in [0.29, 0.717) is 24.1 Å².